The molecule has 224 valence electrons. The van der Waals surface area contributed by atoms with Gasteiger partial charge in [0.2, 0.25) is 0 Å². The Kier molecular flexibility index (Phi) is 15.8. The summed E-state index contributed by atoms with van der Waals surface area (Å²) < 4.78 is 10.7. The van der Waals surface area contributed by atoms with Crippen molar-refractivity contribution in [3.63, 3.8) is 0 Å². The number of anilines is 1. The highest BCUT2D eigenvalue weighted by Crippen LogP contribution is 2.19. The van der Waals surface area contributed by atoms with Crippen molar-refractivity contribution in [1.29, 1.82) is 0 Å². The SMILES string of the molecule is C=N/C=C(/NC)C(=O)N(CNc1ccc(OC(/C=C\NC)=C/C=O)cc1)Cc1ccc(Cl)cc1.O=CC1CCOCC1. The van der Waals surface area contributed by atoms with Gasteiger partial charge in [0.25, 0.3) is 5.91 Å². The van der Waals surface area contributed by atoms with E-state index in [-0.39, 0.29) is 18.5 Å². The van der Waals surface area contributed by atoms with Gasteiger partial charge in [0.15, 0.2) is 0 Å². The molecular weight excluding hydrogens is 558 g/mol. The number of hydrogen-bond acceptors (Lipinski definition) is 9. The molecule has 1 fully saturated rings. The predicted molar refractivity (Wildman–Crippen MR) is 166 cm³/mol. The quantitative estimate of drug-likeness (QED) is 0.0738. The van der Waals surface area contributed by atoms with Crippen LogP contribution in [0.25, 0.3) is 0 Å². The van der Waals surface area contributed by atoms with Crippen molar-refractivity contribution in [2.45, 2.75) is 19.4 Å². The van der Waals surface area contributed by atoms with Crippen LogP contribution in [0.4, 0.5) is 5.69 Å². The molecule has 2 aromatic rings. The molecular formula is C31H38ClN5O5. The van der Waals surface area contributed by atoms with Crippen molar-refractivity contribution in [3.8, 4) is 5.75 Å². The summed E-state index contributed by atoms with van der Waals surface area (Å²) in [4.78, 5) is 39.3. The minimum absolute atomic E-state index is 0.235. The maximum Gasteiger partial charge on any atom is 0.273 e. The van der Waals surface area contributed by atoms with Crippen LogP contribution in [0.1, 0.15) is 18.4 Å². The van der Waals surface area contributed by atoms with E-state index in [1.165, 1.54) is 12.3 Å². The fraction of sp³-hybridized carbons (Fsp3) is 0.290. The predicted octanol–water partition coefficient (Wildman–Crippen LogP) is 4.31. The summed E-state index contributed by atoms with van der Waals surface area (Å²) in [6, 6.07) is 14.5. The third-order valence-electron chi connectivity index (χ3n) is 5.96. The number of allylic oxidation sites excluding steroid dienone is 2. The number of rotatable bonds is 14. The highest BCUT2D eigenvalue weighted by molar-refractivity contribution is 6.30. The van der Waals surface area contributed by atoms with E-state index in [2.05, 4.69) is 27.7 Å². The highest BCUT2D eigenvalue weighted by Gasteiger charge is 2.18. The highest BCUT2D eigenvalue weighted by atomic mass is 35.5. The number of nitrogens with zero attached hydrogens (tertiary/aromatic N) is 2. The summed E-state index contributed by atoms with van der Waals surface area (Å²) in [5.41, 5.74) is 2.03. The van der Waals surface area contributed by atoms with Gasteiger partial charge in [-0.15, -0.1) is 0 Å². The van der Waals surface area contributed by atoms with Gasteiger partial charge in [-0.05, 0) is 73.8 Å². The van der Waals surface area contributed by atoms with Crippen LogP contribution in [0.2, 0.25) is 5.02 Å². The van der Waals surface area contributed by atoms with Crippen LogP contribution in [-0.4, -0.2) is 64.1 Å². The molecule has 3 rings (SSSR count). The molecule has 0 unspecified atom stereocenters. The number of amides is 1. The molecule has 1 heterocycles. The zero-order valence-corrected chi connectivity index (χ0v) is 24.7. The van der Waals surface area contributed by atoms with E-state index in [1.54, 1.807) is 55.5 Å². The van der Waals surface area contributed by atoms with Gasteiger partial charge < -0.3 is 35.1 Å². The topological polar surface area (TPSA) is 121 Å². The fourth-order valence-electron chi connectivity index (χ4n) is 3.67. The number of carbonyl (C=O) groups excluding carboxylic acids is 3. The van der Waals surface area contributed by atoms with Gasteiger partial charge in [-0.1, -0.05) is 23.7 Å². The Morgan fingerprint density at radius 3 is 2.36 bits per heavy atom. The molecule has 0 saturated carbocycles. The lowest BCUT2D eigenvalue weighted by molar-refractivity contribution is -0.127. The lowest BCUT2D eigenvalue weighted by atomic mass is 10.0. The average molecular weight is 596 g/mol. The molecule has 42 heavy (non-hydrogen) atoms. The maximum atomic E-state index is 13.1. The summed E-state index contributed by atoms with van der Waals surface area (Å²) in [7, 11) is 3.40. The second-order valence-corrected chi connectivity index (χ2v) is 9.42. The zero-order chi connectivity index (χ0) is 30.6. The van der Waals surface area contributed by atoms with Crippen LogP contribution in [0, 0.1) is 5.92 Å². The molecule has 2 aromatic carbocycles. The summed E-state index contributed by atoms with van der Waals surface area (Å²) in [6.07, 6.45) is 9.55. The zero-order valence-electron chi connectivity index (χ0n) is 23.9. The van der Waals surface area contributed by atoms with Gasteiger partial charge >= 0.3 is 0 Å². The lowest BCUT2D eigenvalue weighted by Crippen LogP contribution is -2.38. The van der Waals surface area contributed by atoms with E-state index in [9.17, 15) is 14.4 Å². The first kappa shape index (κ1) is 33.8. The molecule has 0 bridgehead atoms. The standard InChI is InChI=1S/C25H28ClN5O3.C6H10O2/c1-27-14-12-23(13-15-32)34-22-10-8-21(9-11-22)30-18-31(25(33)24(29-3)16-28-2)17-19-4-6-20(26)7-5-19;7-5-6-1-3-8-4-2-6/h4-16,27,29-30H,2,17-18H2,1,3H3;5-6H,1-4H2/b14-12-,23-13+,24-16+;. The minimum atomic E-state index is -0.239. The Morgan fingerprint density at radius 2 is 1.81 bits per heavy atom. The van der Waals surface area contributed by atoms with Crippen LogP contribution in [0.15, 0.2) is 89.5 Å². The van der Waals surface area contributed by atoms with Gasteiger partial charge in [0, 0.05) is 56.6 Å². The largest absolute Gasteiger partial charge is 0.457 e. The van der Waals surface area contributed by atoms with Crippen LogP contribution < -0.4 is 20.7 Å². The number of benzene rings is 2. The number of aliphatic imine (C=N–C) groups is 1. The molecule has 1 amide bonds. The van der Waals surface area contributed by atoms with Crippen LogP contribution >= 0.6 is 11.6 Å². The Hall–Kier alpha value is -4.41. The monoisotopic (exact) mass is 595 g/mol. The smallest absolute Gasteiger partial charge is 0.273 e. The van der Waals surface area contributed by atoms with E-state index in [1.807, 2.05) is 24.3 Å². The number of nitrogens with one attached hydrogen (secondary N) is 3. The van der Waals surface area contributed by atoms with Gasteiger partial charge in [0.1, 0.15) is 29.8 Å². The van der Waals surface area contributed by atoms with E-state index >= 15 is 0 Å². The summed E-state index contributed by atoms with van der Waals surface area (Å²) in [5, 5.41) is 9.57. The maximum absolute atomic E-state index is 13.1. The van der Waals surface area contributed by atoms with Gasteiger partial charge in [-0.25, -0.2) is 0 Å². The number of halogens is 1. The van der Waals surface area contributed by atoms with Crippen molar-refractivity contribution in [1.82, 2.24) is 15.5 Å². The number of aldehydes is 2. The number of hydrogen-bond donors (Lipinski definition) is 3. The van der Waals surface area contributed by atoms with Crippen LogP contribution in [-0.2, 0) is 25.7 Å². The van der Waals surface area contributed by atoms with Crippen molar-refractivity contribution < 1.29 is 23.9 Å². The third kappa shape index (κ3) is 12.4. The first-order valence-corrected chi connectivity index (χ1v) is 13.7. The minimum Gasteiger partial charge on any atom is -0.457 e. The van der Waals surface area contributed by atoms with Crippen molar-refractivity contribution in [2.75, 3.05) is 39.3 Å². The molecule has 1 aliphatic heterocycles. The van der Waals surface area contributed by atoms with Crippen LogP contribution in [0.3, 0.4) is 0 Å². The molecule has 1 saturated heterocycles. The fourth-order valence-corrected chi connectivity index (χ4v) is 3.80. The number of likely N-dealkylation sites (N-methyl/N-ethyl adjacent to an activating group) is 1. The van der Waals surface area contributed by atoms with E-state index < -0.39 is 0 Å². The van der Waals surface area contributed by atoms with Gasteiger partial charge in [0.05, 0.1) is 12.9 Å². The van der Waals surface area contributed by atoms with E-state index in [0.717, 1.165) is 43.6 Å². The molecule has 0 aliphatic carbocycles. The second-order valence-electron chi connectivity index (χ2n) is 8.98. The lowest BCUT2D eigenvalue weighted by Gasteiger charge is -2.25. The van der Waals surface area contributed by atoms with E-state index in [4.69, 9.17) is 21.1 Å². The molecule has 1 aliphatic rings. The average Bonchev–Trinajstić information content (AvgIpc) is 3.02. The summed E-state index contributed by atoms with van der Waals surface area (Å²) in [6.45, 7) is 5.55. The Balaban J connectivity index is 0.000000661. The normalized spacial score (nSPS) is 13.8. The molecule has 0 aromatic heterocycles. The molecule has 0 radical (unpaired) electrons. The van der Waals surface area contributed by atoms with Gasteiger partial charge in [-0.2, -0.15) is 0 Å². The molecule has 0 atom stereocenters. The van der Waals surface area contributed by atoms with Gasteiger partial charge in [-0.3, -0.25) is 14.6 Å². The first-order valence-electron chi connectivity index (χ1n) is 13.4. The number of carbonyl (C=O) groups is 3. The summed E-state index contributed by atoms with van der Waals surface area (Å²) in [5.74, 6) is 0.999. The molecule has 11 heteroatoms. The number of ether oxygens (including phenoxy) is 2. The first-order chi connectivity index (χ1) is 20.4. The van der Waals surface area contributed by atoms with Crippen molar-refractivity contribution in [3.05, 3.63) is 95.1 Å². The molecule has 0 spiro atoms. The molecule has 10 nitrogen and oxygen atoms in total. The Labute approximate surface area is 252 Å². The Bertz CT molecular complexity index is 1220. The van der Waals surface area contributed by atoms with E-state index in [0.29, 0.717) is 35.1 Å². The Morgan fingerprint density at radius 1 is 1.12 bits per heavy atom. The van der Waals surface area contributed by atoms with Crippen LogP contribution in [0.5, 0.6) is 5.75 Å². The third-order valence-corrected chi connectivity index (χ3v) is 6.22. The molecule has 3 N–H and O–H groups in total. The van der Waals surface area contributed by atoms with Crippen molar-refractivity contribution >= 4 is 42.5 Å². The van der Waals surface area contributed by atoms with Crippen molar-refractivity contribution in [2.24, 2.45) is 10.9 Å². The second kappa shape index (κ2) is 19.6. The summed E-state index contributed by atoms with van der Waals surface area (Å²) >= 11 is 5.98.